The molecular formula is C14H10Cl3N3O2S. The van der Waals surface area contributed by atoms with Crippen LogP contribution >= 0.6 is 34.8 Å². The molecule has 0 aliphatic carbocycles. The van der Waals surface area contributed by atoms with Gasteiger partial charge in [-0.25, -0.2) is 18.1 Å². The summed E-state index contributed by atoms with van der Waals surface area (Å²) in [5, 5.41) is 1.04. The molecule has 3 aromatic rings. The topological polar surface area (TPSA) is 63.5 Å². The largest absolute Gasteiger partial charge is 0.305 e. The maximum atomic E-state index is 12.3. The van der Waals surface area contributed by atoms with E-state index in [1.807, 2.05) is 0 Å². The summed E-state index contributed by atoms with van der Waals surface area (Å²) in [6.45, 7) is 0.0435. The molecular weight excluding hydrogens is 381 g/mol. The van der Waals surface area contributed by atoms with Crippen molar-refractivity contribution >= 4 is 50.5 Å². The van der Waals surface area contributed by atoms with Crippen LogP contribution in [0.2, 0.25) is 15.1 Å². The number of aromatic nitrogens is 2. The Morgan fingerprint density at radius 3 is 2.57 bits per heavy atom. The van der Waals surface area contributed by atoms with Crippen LogP contribution in [0.4, 0.5) is 0 Å². The molecule has 0 radical (unpaired) electrons. The maximum absolute atomic E-state index is 12.3. The molecule has 120 valence electrons. The Hall–Kier alpha value is -1.31. The summed E-state index contributed by atoms with van der Waals surface area (Å²) in [5.41, 5.74) is 1.24. The van der Waals surface area contributed by atoms with Gasteiger partial charge in [0.25, 0.3) is 0 Å². The lowest BCUT2D eigenvalue weighted by Gasteiger charge is -2.06. The van der Waals surface area contributed by atoms with Crippen molar-refractivity contribution in [2.45, 2.75) is 11.4 Å². The molecule has 1 N–H and O–H groups in total. The molecule has 0 unspecified atom stereocenters. The van der Waals surface area contributed by atoms with E-state index in [1.54, 1.807) is 28.9 Å². The number of imidazole rings is 1. The SMILES string of the molecule is O=S(=O)(NCc1cn2cc(Cl)ccc2n1)c1ccc(Cl)c(Cl)c1. The van der Waals surface area contributed by atoms with Crippen molar-refractivity contribution < 1.29 is 8.42 Å². The first-order valence-corrected chi connectivity index (χ1v) is 9.05. The molecule has 5 nitrogen and oxygen atoms in total. The molecule has 0 aliphatic rings. The number of halogens is 3. The maximum Gasteiger partial charge on any atom is 0.240 e. The highest BCUT2D eigenvalue weighted by Crippen LogP contribution is 2.24. The zero-order chi connectivity index (χ0) is 16.6. The lowest BCUT2D eigenvalue weighted by atomic mass is 10.4. The van der Waals surface area contributed by atoms with E-state index in [2.05, 4.69) is 9.71 Å². The quantitative estimate of drug-likeness (QED) is 0.737. The van der Waals surface area contributed by atoms with E-state index in [9.17, 15) is 8.42 Å². The van der Waals surface area contributed by atoms with Gasteiger partial charge in [0.05, 0.1) is 32.2 Å². The fraction of sp³-hybridized carbons (Fsp3) is 0.0714. The van der Waals surface area contributed by atoms with Crippen molar-refractivity contribution in [1.29, 1.82) is 0 Å². The number of hydrogen-bond acceptors (Lipinski definition) is 3. The van der Waals surface area contributed by atoms with Gasteiger partial charge in [-0.15, -0.1) is 0 Å². The molecule has 0 amide bonds. The molecule has 0 fully saturated rings. The van der Waals surface area contributed by atoms with Crippen molar-refractivity contribution in [3.05, 3.63) is 63.5 Å². The monoisotopic (exact) mass is 389 g/mol. The second-order valence-corrected chi connectivity index (χ2v) is 7.76. The van der Waals surface area contributed by atoms with Gasteiger partial charge in [-0.1, -0.05) is 34.8 Å². The number of fused-ring (bicyclic) bond motifs is 1. The molecule has 23 heavy (non-hydrogen) atoms. The molecule has 2 aromatic heterocycles. The minimum absolute atomic E-state index is 0.0405. The first-order chi connectivity index (χ1) is 10.8. The van der Waals surface area contributed by atoms with Crippen LogP contribution in [0.3, 0.4) is 0 Å². The predicted octanol–water partition coefficient (Wildman–Crippen LogP) is 3.77. The van der Waals surface area contributed by atoms with Gasteiger partial charge in [-0.05, 0) is 30.3 Å². The highest BCUT2D eigenvalue weighted by atomic mass is 35.5. The number of nitrogens with zero attached hydrogens (tertiary/aromatic N) is 2. The van der Waals surface area contributed by atoms with E-state index in [0.717, 1.165) is 0 Å². The average Bonchev–Trinajstić information content (AvgIpc) is 2.90. The number of sulfonamides is 1. The standard InChI is InChI=1S/C14H10Cl3N3O2S/c15-9-1-4-14-19-10(8-20(14)7-9)6-18-23(21,22)11-2-3-12(16)13(17)5-11/h1-5,7-8,18H,6H2. The first kappa shape index (κ1) is 16.5. The van der Waals surface area contributed by atoms with Crippen molar-refractivity contribution in [2.24, 2.45) is 0 Å². The highest BCUT2D eigenvalue weighted by molar-refractivity contribution is 7.89. The fourth-order valence-electron chi connectivity index (χ4n) is 2.00. The molecule has 0 aliphatic heterocycles. The minimum Gasteiger partial charge on any atom is -0.305 e. The van der Waals surface area contributed by atoms with Crippen molar-refractivity contribution in [3.8, 4) is 0 Å². The minimum atomic E-state index is -3.71. The van der Waals surface area contributed by atoms with Crippen molar-refractivity contribution in [1.82, 2.24) is 14.1 Å². The summed E-state index contributed by atoms with van der Waals surface area (Å²) in [4.78, 5) is 4.35. The molecule has 0 saturated heterocycles. The number of benzene rings is 1. The molecule has 0 bridgehead atoms. The smallest absolute Gasteiger partial charge is 0.240 e. The van der Waals surface area contributed by atoms with E-state index in [1.165, 1.54) is 18.2 Å². The Labute approximate surface area is 147 Å². The van der Waals surface area contributed by atoms with Gasteiger partial charge in [0, 0.05) is 12.4 Å². The molecule has 0 spiro atoms. The normalized spacial score (nSPS) is 12.0. The number of rotatable bonds is 4. The van der Waals surface area contributed by atoms with Gasteiger partial charge in [-0.2, -0.15) is 0 Å². The molecule has 2 heterocycles. The van der Waals surface area contributed by atoms with Gasteiger partial charge >= 0.3 is 0 Å². The van der Waals surface area contributed by atoms with E-state index in [0.29, 0.717) is 21.4 Å². The third-order valence-corrected chi connectivity index (χ3v) is 5.47. The molecule has 9 heteroatoms. The summed E-state index contributed by atoms with van der Waals surface area (Å²) in [6.07, 6.45) is 3.40. The Bertz CT molecular complexity index is 986. The second kappa shape index (κ2) is 6.30. The van der Waals surface area contributed by atoms with E-state index < -0.39 is 10.0 Å². The zero-order valence-electron chi connectivity index (χ0n) is 11.5. The van der Waals surface area contributed by atoms with Crippen LogP contribution in [-0.4, -0.2) is 17.8 Å². The van der Waals surface area contributed by atoms with Crippen molar-refractivity contribution in [3.63, 3.8) is 0 Å². The summed E-state index contributed by atoms with van der Waals surface area (Å²) in [6, 6.07) is 7.59. The van der Waals surface area contributed by atoms with Gasteiger partial charge < -0.3 is 4.40 Å². The summed E-state index contributed by atoms with van der Waals surface area (Å²) < 4.78 is 28.7. The third kappa shape index (κ3) is 3.62. The molecule has 0 saturated carbocycles. The van der Waals surface area contributed by atoms with Crippen LogP contribution in [0.25, 0.3) is 5.65 Å². The van der Waals surface area contributed by atoms with Crippen LogP contribution in [0.15, 0.2) is 47.6 Å². The number of hydrogen-bond donors (Lipinski definition) is 1. The van der Waals surface area contributed by atoms with Crippen LogP contribution in [0.5, 0.6) is 0 Å². The van der Waals surface area contributed by atoms with E-state index >= 15 is 0 Å². The van der Waals surface area contributed by atoms with Gasteiger partial charge in [0.2, 0.25) is 10.0 Å². The van der Waals surface area contributed by atoms with Gasteiger partial charge in [-0.3, -0.25) is 0 Å². The first-order valence-electron chi connectivity index (χ1n) is 6.43. The van der Waals surface area contributed by atoms with Crippen LogP contribution < -0.4 is 4.72 Å². The Morgan fingerprint density at radius 1 is 1.04 bits per heavy atom. The summed E-state index contributed by atoms with van der Waals surface area (Å²) in [7, 11) is -3.71. The van der Waals surface area contributed by atoms with Crippen molar-refractivity contribution in [2.75, 3.05) is 0 Å². The number of pyridine rings is 1. The van der Waals surface area contributed by atoms with Crippen LogP contribution in [0, 0.1) is 0 Å². The molecule has 1 aromatic carbocycles. The third-order valence-electron chi connectivity index (χ3n) is 3.11. The van der Waals surface area contributed by atoms with Crippen LogP contribution in [0.1, 0.15) is 5.69 Å². The molecule has 0 atom stereocenters. The van der Waals surface area contributed by atoms with Gasteiger partial charge in [0.1, 0.15) is 5.65 Å². The lowest BCUT2D eigenvalue weighted by Crippen LogP contribution is -2.23. The van der Waals surface area contributed by atoms with Crippen LogP contribution in [-0.2, 0) is 16.6 Å². The second-order valence-electron chi connectivity index (χ2n) is 4.75. The van der Waals surface area contributed by atoms with Gasteiger partial charge in [0.15, 0.2) is 0 Å². The summed E-state index contributed by atoms with van der Waals surface area (Å²) in [5.74, 6) is 0. The highest BCUT2D eigenvalue weighted by Gasteiger charge is 2.16. The Balaban J connectivity index is 1.81. The molecule has 3 rings (SSSR count). The number of nitrogens with one attached hydrogen (secondary N) is 1. The Kier molecular flexibility index (Phi) is 4.53. The fourth-order valence-corrected chi connectivity index (χ4v) is 3.55. The Morgan fingerprint density at radius 2 is 1.83 bits per heavy atom. The average molecular weight is 391 g/mol. The van der Waals surface area contributed by atoms with E-state index in [-0.39, 0.29) is 16.5 Å². The lowest BCUT2D eigenvalue weighted by molar-refractivity contribution is 0.580. The summed E-state index contributed by atoms with van der Waals surface area (Å²) >= 11 is 17.5. The zero-order valence-corrected chi connectivity index (χ0v) is 14.6. The van der Waals surface area contributed by atoms with E-state index in [4.69, 9.17) is 34.8 Å². The predicted molar refractivity (Wildman–Crippen MR) is 90.7 cm³/mol.